The summed E-state index contributed by atoms with van der Waals surface area (Å²) in [6.07, 6.45) is 0. The molecule has 0 aromatic carbocycles. The number of hydrogen-bond acceptors (Lipinski definition) is 2. The van der Waals surface area contributed by atoms with Crippen molar-refractivity contribution in [3.05, 3.63) is 6.92 Å². The van der Waals surface area contributed by atoms with Gasteiger partial charge < -0.3 is 5.73 Å². The normalized spacial score (nSPS) is 7.60. The number of nitrogens with two attached hydrogens (primary N) is 1. The van der Waals surface area contributed by atoms with Gasteiger partial charge in [-0.25, -0.2) is 0 Å². The summed E-state index contributed by atoms with van der Waals surface area (Å²) in [6, 6.07) is 0. The molecule has 29 valence electrons. The molecule has 2 N–H and O–H groups in total. The van der Waals surface area contributed by atoms with Gasteiger partial charge in [-0.1, -0.05) is 0 Å². The van der Waals surface area contributed by atoms with Crippen molar-refractivity contribution in [1.29, 1.82) is 0 Å². The smallest absolute Gasteiger partial charge is 0.146 e. The van der Waals surface area contributed by atoms with Crippen LogP contribution in [0.1, 0.15) is 0 Å². The topological polar surface area (TPSA) is 43.1 Å². The van der Waals surface area contributed by atoms with E-state index in [0.29, 0.717) is 0 Å². The minimum Gasteiger partial charge on any atom is -0.324 e. The zero-order valence-corrected chi connectivity index (χ0v) is 2.90. The summed E-state index contributed by atoms with van der Waals surface area (Å²) in [5.74, 6) is -0.218. The van der Waals surface area contributed by atoms with Gasteiger partial charge in [0.1, 0.15) is 5.78 Å². The number of hydrogen-bond donors (Lipinski definition) is 1. The van der Waals surface area contributed by atoms with Gasteiger partial charge in [0, 0.05) is 6.92 Å². The lowest BCUT2D eigenvalue weighted by Gasteiger charge is -1.72. The molecular formula is C3H6NO. The van der Waals surface area contributed by atoms with Crippen LogP contribution in [-0.2, 0) is 4.79 Å². The second-order valence-electron chi connectivity index (χ2n) is 0.743. The molecular weight excluding hydrogens is 66.0 g/mol. The highest BCUT2D eigenvalue weighted by Crippen LogP contribution is 1.50. The summed E-state index contributed by atoms with van der Waals surface area (Å²) < 4.78 is 0. The largest absolute Gasteiger partial charge is 0.324 e. The first-order valence-electron chi connectivity index (χ1n) is 1.32. The van der Waals surface area contributed by atoms with Crippen molar-refractivity contribution in [2.24, 2.45) is 5.73 Å². The van der Waals surface area contributed by atoms with Gasteiger partial charge in [-0.15, -0.1) is 0 Å². The Balaban J connectivity index is 2.85. The molecule has 5 heavy (non-hydrogen) atoms. The van der Waals surface area contributed by atoms with Crippen LogP contribution < -0.4 is 5.73 Å². The lowest BCUT2D eigenvalue weighted by atomic mass is 10.5. The molecule has 0 bridgehead atoms. The first kappa shape index (κ1) is 4.63. The molecule has 0 rings (SSSR count). The average Bonchev–Trinajstić information content (AvgIpc) is 1.38. The molecule has 0 atom stereocenters. The Morgan fingerprint density at radius 2 is 2.20 bits per heavy atom. The molecule has 0 aromatic rings. The number of carbonyl (C=O) groups is 1. The Morgan fingerprint density at radius 1 is 2.00 bits per heavy atom. The van der Waals surface area contributed by atoms with Crippen molar-refractivity contribution in [3.63, 3.8) is 0 Å². The molecule has 0 heterocycles. The van der Waals surface area contributed by atoms with Crippen LogP contribution in [0.4, 0.5) is 0 Å². The average molecular weight is 72.1 g/mol. The van der Waals surface area contributed by atoms with Crippen molar-refractivity contribution in [3.8, 4) is 0 Å². The first-order valence-corrected chi connectivity index (χ1v) is 1.32. The molecule has 2 nitrogen and oxygen atoms in total. The molecule has 0 spiro atoms. The van der Waals surface area contributed by atoms with Crippen molar-refractivity contribution in [1.82, 2.24) is 0 Å². The summed E-state index contributed by atoms with van der Waals surface area (Å²) >= 11 is 0. The first-order chi connectivity index (χ1) is 2.27. The fourth-order valence-electron chi connectivity index (χ4n) is 0. The van der Waals surface area contributed by atoms with Crippen LogP contribution in [0, 0.1) is 6.92 Å². The van der Waals surface area contributed by atoms with Gasteiger partial charge >= 0.3 is 0 Å². The molecule has 0 fully saturated rings. The van der Waals surface area contributed by atoms with Gasteiger partial charge in [0.25, 0.3) is 0 Å². The van der Waals surface area contributed by atoms with Crippen LogP contribution in [0.5, 0.6) is 0 Å². The molecule has 0 aromatic heterocycles. The predicted molar refractivity (Wildman–Crippen MR) is 19.4 cm³/mol. The number of rotatable bonds is 1. The van der Waals surface area contributed by atoms with E-state index in [9.17, 15) is 4.79 Å². The number of carbonyl (C=O) groups excluding carboxylic acids is 1. The van der Waals surface area contributed by atoms with Crippen molar-refractivity contribution in [2.45, 2.75) is 0 Å². The highest BCUT2D eigenvalue weighted by Gasteiger charge is 1.77. The zero-order chi connectivity index (χ0) is 4.28. The van der Waals surface area contributed by atoms with Crippen LogP contribution >= 0.6 is 0 Å². The quantitative estimate of drug-likeness (QED) is 0.447. The molecule has 2 heteroatoms. The Morgan fingerprint density at radius 3 is 2.20 bits per heavy atom. The Kier molecular flexibility index (Phi) is 1.76. The van der Waals surface area contributed by atoms with Gasteiger partial charge in [-0.05, 0) is 0 Å². The maximum atomic E-state index is 9.58. The van der Waals surface area contributed by atoms with E-state index in [4.69, 9.17) is 5.73 Å². The summed E-state index contributed by atoms with van der Waals surface area (Å²) in [5, 5.41) is 0. The monoisotopic (exact) mass is 72.0 g/mol. The summed E-state index contributed by atoms with van der Waals surface area (Å²) in [5.41, 5.74) is 4.76. The van der Waals surface area contributed by atoms with Crippen molar-refractivity contribution in [2.75, 3.05) is 6.54 Å². The molecule has 0 saturated heterocycles. The minimum absolute atomic E-state index is 0.0556. The minimum atomic E-state index is -0.218. The van der Waals surface area contributed by atoms with E-state index in [1.54, 1.807) is 0 Å². The summed E-state index contributed by atoms with van der Waals surface area (Å²) in [4.78, 5) is 9.58. The summed E-state index contributed by atoms with van der Waals surface area (Å²) in [7, 11) is 0. The van der Waals surface area contributed by atoms with Gasteiger partial charge in [0.05, 0.1) is 6.54 Å². The highest BCUT2D eigenvalue weighted by atomic mass is 16.1. The molecule has 0 aliphatic heterocycles. The molecule has 0 unspecified atom stereocenters. The lowest BCUT2D eigenvalue weighted by molar-refractivity contribution is -0.113. The molecule has 0 saturated carbocycles. The Labute approximate surface area is 31.0 Å². The fourth-order valence-corrected chi connectivity index (χ4v) is 0. The van der Waals surface area contributed by atoms with Crippen molar-refractivity contribution >= 4 is 5.78 Å². The maximum Gasteiger partial charge on any atom is 0.146 e. The van der Waals surface area contributed by atoms with E-state index < -0.39 is 0 Å². The van der Waals surface area contributed by atoms with Crippen molar-refractivity contribution < 1.29 is 4.79 Å². The third kappa shape index (κ3) is 3.63. The Bertz CT molecular complexity index is 42.2. The SMILES string of the molecule is [CH2]C(=O)CN. The zero-order valence-electron chi connectivity index (χ0n) is 2.90. The standard InChI is InChI=1S/C3H6NO/c1-3(5)2-4/h1-2,4H2. The van der Waals surface area contributed by atoms with Gasteiger partial charge in [-0.3, -0.25) is 4.79 Å². The van der Waals surface area contributed by atoms with Crippen LogP contribution in [0.3, 0.4) is 0 Å². The van der Waals surface area contributed by atoms with E-state index in [1.165, 1.54) is 0 Å². The second kappa shape index (κ2) is 1.91. The van der Waals surface area contributed by atoms with E-state index in [1.807, 2.05) is 0 Å². The highest BCUT2D eigenvalue weighted by molar-refractivity contribution is 5.84. The van der Waals surface area contributed by atoms with E-state index >= 15 is 0 Å². The Hall–Kier alpha value is -0.370. The number of Topliss-reactive ketones (excluding diaryl/α,β-unsaturated/α-hetero) is 1. The second-order valence-corrected chi connectivity index (χ2v) is 0.743. The van der Waals surface area contributed by atoms with E-state index in [2.05, 4.69) is 6.92 Å². The van der Waals surface area contributed by atoms with Crippen LogP contribution in [0.25, 0.3) is 0 Å². The maximum absolute atomic E-state index is 9.58. The van der Waals surface area contributed by atoms with Crippen LogP contribution in [-0.4, -0.2) is 12.3 Å². The third-order valence-corrected chi connectivity index (χ3v) is 0.228. The molecule has 0 amide bonds. The van der Waals surface area contributed by atoms with Gasteiger partial charge in [0.15, 0.2) is 0 Å². The predicted octanol–water partition coefficient (Wildman–Crippen LogP) is -0.652. The molecule has 0 aliphatic carbocycles. The van der Waals surface area contributed by atoms with Crippen LogP contribution in [0.2, 0.25) is 0 Å². The van der Waals surface area contributed by atoms with Gasteiger partial charge in [-0.2, -0.15) is 0 Å². The van der Waals surface area contributed by atoms with Crippen LogP contribution in [0.15, 0.2) is 0 Å². The third-order valence-electron chi connectivity index (χ3n) is 0.228. The molecule has 1 radical (unpaired) electrons. The summed E-state index contributed by atoms with van der Waals surface area (Å²) in [6.45, 7) is 3.05. The number of ketones is 1. The fraction of sp³-hybridized carbons (Fsp3) is 0.333. The van der Waals surface area contributed by atoms with E-state index in [0.717, 1.165) is 0 Å². The van der Waals surface area contributed by atoms with Gasteiger partial charge in [0.2, 0.25) is 0 Å². The molecule has 0 aliphatic rings. The lowest BCUT2D eigenvalue weighted by Crippen LogP contribution is -2.08. The van der Waals surface area contributed by atoms with E-state index in [-0.39, 0.29) is 12.3 Å².